The highest BCUT2D eigenvalue weighted by Gasteiger charge is 2.29. The first kappa shape index (κ1) is 34.0. The molecule has 0 aromatic heterocycles. The summed E-state index contributed by atoms with van der Waals surface area (Å²) in [4.78, 5) is 24.8. The van der Waals surface area contributed by atoms with Crippen LogP contribution in [0.25, 0.3) is 0 Å². The van der Waals surface area contributed by atoms with E-state index in [9.17, 15) is 14.3 Å². The second-order valence-electron chi connectivity index (χ2n) is 10.3. The number of allylic oxidation sites excluding steroid dienone is 3. The van der Waals surface area contributed by atoms with Gasteiger partial charge in [0.25, 0.3) is 0 Å². The van der Waals surface area contributed by atoms with Crippen molar-refractivity contribution in [2.45, 2.75) is 129 Å². The van der Waals surface area contributed by atoms with E-state index in [2.05, 4.69) is 24.3 Å². The Bertz CT molecular complexity index is 683. The van der Waals surface area contributed by atoms with E-state index in [1.54, 1.807) is 0 Å². The summed E-state index contributed by atoms with van der Waals surface area (Å²) in [5, 5.41) is 0. The van der Waals surface area contributed by atoms with Crippen LogP contribution in [0, 0.1) is 0 Å². The molecule has 1 N–H and O–H groups in total. The lowest BCUT2D eigenvalue weighted by molar-refractivity contribution is -0.150. The van der Waals surface area contributed by atoms with Crippen LogP contribution < -0.4 is 0 Å². The van der Waals surface area contributed by atoms with E-state index in [-0.39, 0.29) is 19.1 Å². The second-order valence-corrected chi connectivity index (χ2v) is 11.7. The summed E-state index contributed by atoms with van der Waals surface area (Å²) in [6, 6.07) is 0. The molecule has 1 aliphatic rings. The number of phosphoric ester groups is 1. The van der Waals surface area contributed by atoms with Gasteiger partial charge in [0.2, 0.25) is 0 Å². The van der Waals surface area contributed by atoms with Crippen LogP contribution >= 0.6 is 7.82 Å². The molecule has 0 aromatic carbocycles. The van der Waals surface area contributed by atoms with Gasteiger partial charge in [-0.05, 0) is 52.6 Å². The summed E-state index contributed by atoms with van der Waals surface area (Å²) in [6.07, 6.45) is 24.0. The smallest absolute Gasteiger partial charge is 0.462 e. The van der Waals surface area contributed by atoms with Gasteiger partial charge in [-0.3, -0.25) is 13.8 Å². The Balaban J connectivity index is 2.64. The summed E-state index contributed by atoms with van der Waals surface area (Å²) in [7, 11) is -2.35. The van der Waals surface area contributed by atoms with Crippen molar-refractivity contribution >= 4 is 13.8 Å². The van der Waals surface area contributed by atoms with Gasteiger partial charge in [-0.15, -0.1) is 0 Å². The van der Waals surface area contributed by atoms with Gasteiger partial charge in [-0.25, -0.2) is 4.57 Å². The number of cyclic esters (lactones) is 1. The fraction of sp³-hybridized carbons (Fsp3) is 0.828. The highest BCUT2D eigenvalue weighted by Crippen LogP contribution is 2.45. The number of carbonyl (C=O) groups excluding carboxylic acids is 1. The number of phosphoric acid groups is 1. The Morgan fingerprint density at radius 2 is 1.51 bits per heavy atom. The molecule has 3 atom stereocenters. The van der Waals surface area contributed by atoms with Crippen LogP contribution in [0.3, 0.4) is 0 Å². The van der Waals surface area contributed by atoms with E-state index >= 15 is 0 Å². The molecular formula is C29H54NO6P. The first-order valence-corrected chi connectivity index (χ1v) is 16.2. The summed E-state index contributed by atoms with van der Waals surface area (Å²) in [6.45, 7) is 5.31. The van der Waals surface area contributed by atoms with Crippen molar-refractivity contribution in [3.8, 4) is 0 Å². The van der Waals surface area contributed by atoms with Crippen molar-refractivity contribution < 1.29 is 28.0 Å². The topological polar surface area (TPSA) is 85.3 Å². The summed E-state index contributed by atoms with van der Waals surface area (Å²) < 4.78 is 28.7. The van der Waals surface area contributed by atoms with Crippen LogP contribution in [0.2, 0.25) is 0 Å². The van der Waals surface area contributed by atoms with Crippen molar-refractivity contribution in [3.63, 3.8) is 0 Å². The number of rotatable bonds is 7. The van der Waals surface area contributed by atoms with Gasteiger partial charge < -0.3 is 14.5 Å². The van der Waals surface area contributed by atoms with Crippen molar-refractivity contribution in [3.05, 3.63) is 24.3 Å². The fourth-order valence-electron chi connectivity index (χ4n) is 4.27. The van der Waals surface area contributed by atoms with Gasteiger partial charge in [-0.1, -0.05) is 89.0 Å². The van der Waals surface area contributed by atoms with E-state index < -0.39 is 19.9 Å². The minimum absolute atomic E-state index is 0.0539. The van der Waals surface area contributed by atoms with Crippen LogP contribution in [0.1, 0.15) is 117 Å². The number of hydrogen-bond donors (Lipinski definition) is 1. The first-order valence-electron chi connectivity index (χ1n) is 14.7. The Morgan fingerprint density at radius 1 is 0.946 bits per heavy atom. The predicted octanol–water partition coefficient (Wildman–Crippen LogP) is 7.74. The molecule has 1 rings (SSSR count). The Hall–Kier alpha value is -0.980. The number of nitrogens with zero attached hydrogens (tertiary/aromatic N) is 1. The lowest BCUT2D eigenvalue weighted by Gasteiger charge is -2.22. The molecule has 1 aliphatic heterocycles. The zero-order valence-electron chi connectivity index (χ0n) is 23.8. The quantitative estimate of drug-likeness (QED) is 0.200. The first-order chi connectivity index (χ1) is 17.8. The average molecular weight is 544 g/mol. The van der Waals surface area contributed by atoms with E-state index in [0.29, 0.717) is 19.4 Å². The maximum absolute atomic E-state index is 12.6. The third-order valence-corrected chi connectivity index (χ3v) is 7.80. The van der Waals surface area contributed by atoms with Crippen molar-refractivity contribution in [1.82, 2.24) is 4.90 Å². The highest BCUT2D eigenvalue weighted by atomic mass is 31.2. The molecule has 216 valence electrons. The predicted molar refractivity (Wildman–Crippen MR) is 152 cm³/mol. The number of esters is 1. The van der Waals surface area contributed by atoms with E-state index in [4.69, 9.17) is 13.8 Å². The van der Waals surface area contributed by atoms with Crippen molar-refractivity contribution in [2.75, 3.05) is 26.7 Å². The lowest BCUT2D eigenvalue weighted by atomic mass is 10.0. The van der Waals surface area contributed by atoms with E-state index in [1.165, 1.54) is 51.4 Å². The van der Waals surface area contributed by atoms with E-state index in [1.807, 2.05) is 25.8 Å². The number of hydrogen-bond acceptors (Lipinski definition) is 6. The van der Waals surface area contributed by atoms with Crippen molar-refractivity contribution in [1.29, 1.82) is 0 Å². The molecule has 1 unspecified atom stereocenters. The number of carbonyl (C=O) groups is 1. The molecule has 0 radical (unpaired) electrons. The van der Waals surface area contributed by atoms with Crippen molar-refractivity contribution in [2.24, 2.45) is 0 Å². The highest BCUT2D eigenvalue weighted by molar-refractivity contribution is 7.47. The lowest BCUT2D eigenvalue weighted by Crippen LogP contribution is -2.24. The fourth-order valence-corrected chi connectivity index (χ4v) is 5.20. The molecule has 0 spiro atoms. The van der Waals surface area contributed by atoms with Crippen LogP contribution in [0.4, 0.5) is 0 Å². The van der Waals surface area contributed by atoms with Crippen LogP contribution in [-0.2, 0) is 23.1 Å². The third kappa shape index (κ3) is 20.6. The zero-order chi connectivity index (χ0) is 27.2. The molecule has 0 aromatic rings. The molecular weight excluding hydrogens is 489 g/mol. The Morgan fingerprint density at radius 3 is 2.16 bits per heavy atom. The molecule has 0 saturated carbocycles. The van der Waals surface area contributed by atoms with Gasteiger partial charge in [0.1, 0.15) is 6.10 Å². The molecule has 0 aliphatic carbocycles. The van der Waals surface area contributed by atoms with Gasteiger partial charge in [-0.2, -0.15) is 0 Å². The maximum atomic E-state index is 12.6. The zero-order valence-corrected chi connectivity index (χ0v) is 24.7. The monoisotopic (exact) mass is 543 g/mol. The molecule has 37 heavy (non-hydrogen) atoms. The van der Waals surface area contributed by atoms with Gasteiger partial charge in [0.15, 0.2) is 0 Å². The average Bonchev–Trinajstić information content (AvgIpc) is 2.84. The molecule has 0 fully saturated rings. The van der Waals surface area contributed by atoms with Gasteiger partial charge >= 0.3 is 13.8 Å². The second kappa shape index (κ2) is 21.9. The third-order valence-electron chi connectivity index (χ3n) is 6.72. The van der Waals surface area contributed by atoms with Crippen LogP contribution in [-0.4, -0.2) is 54.7 Å². The Kier molecular flexibility index (Phi) is 20.2. The molecule has 7 nitrogen and oxygen atoms in total. The number of likely N-dealkylation sites (N-methyl/N-ethyl adjacent to an activating group) is 1. The molecule has 0 bridgehead atoms. The van der Waals surface area contributed by atoms with E-state index in [0.717, 1.165) is 38.6 Å². The maximum Gasteiger partial charge on any atom is 0.472 e. The molecule has 0 amide bonds. The molecule has 0 saturated heterocycles. The van der Waals surface area contributed by atoms with Crippen LogP contribution in [0.15, 0.2) is 24.3 Å². The number of ether oxygens (including phenoxy) is 1. The minimum Gasteiger partial charge on any atom is -0.462 e. The molecule has 8 heteroatoms. The van der Waals surface area contributed by atoms with Gasteiger partial charge in [0.05, 0.1) is 19.1 Å². The Labute approximate surface area is 226 Å². The summed E-state index contributed by atoms with van der Waals surface area (Å²) in [5.41, 5.74) is 0. The minimum atomic E-state index is -4.26. The SMILES string of the molecule is CCN(C)CCOP(=O)(O)O[C@H]1CCCCCCCCCCCC/C=C/CC/C=C/C[C@@H](C)OC(=O)C1. The normalized spacial score (nSPS) is 26.5. The summed E-state index contributed by atoms with van der Waals surface area (Å²) >= 11 is 0. The van der Waals surface area contributed by atoms with Gasteiger partial charge in [0, 0.05) is 13.0 Å². The van der Waals surface area contributed by atoms with Crippen LogP contribution in [0.5, 0.6) is 0 Å². The molecule has 1 heterocycles. The summed E-state index contributed by atoms with van der Waals surface area (Å²) in [5.74, 6) is -0.408. The standard InChI is InChI=1S/C29H54NO6P/c1-4-30(3)24-25-34-37(32,33)36-28-23-21-19-17-15-13-11-9-7-5-6-8-10-12-14-16-18-20-22-27(2)35-29(31)26-28/h10,12,18,20,27-28H,4-9,11,13-17,19,21-26H2,1-3H3,(H,32,33)/b12-10+,20-18+/t27-,28+/m1/s1. The largest absolute Gasteiger partial charge is 0.472 e.